The van der Waals surface area contributed by atoms with Crippen LogP contribution >= 0.6 is 11.3 Å². The van der Waals surface area contributed by atoms with Gasteiger partial charge >= 0.3 is 4.87 Å². The molecule has 0 aliphatic carbocycles. The second kappa shape index (κ2) is 4.88. The van der Waals surface area contributed by atoms with E-state index in [1.54, 1.807) is 0 Å². The first-order chi connectivity index (χ1) is 8.08. The number of aromatic nitrogens is 1. The molecule has 17 heavy (non-hydrogen) atoms. The summed E-state index contributed by atoms with van der Waals surface area (Å²) in [7, 11) is 0. The van der Waals surface area contributed by atoms with Crippen molar-refractivity contribution in [2.45, 2.75) is 27.2 Å². The van der Waals surface area contributed by atoms with Crippen molar-refractivity contribution in [2.24, 2.45) is 5.92 Å². The minimum Gasteiger partial charge on any atom is -0.272 e. The number of thiazole rings is 1. The number of rotatable bonds is 3. The predicted molar refractivity (Wildman–Crippen MR) is 73.2 cm³/mol. The quantitative estimate of drug-likeness (QED) is 0.814. The first-order valence-corrected chi connectivity index (χ1v) is 6.72. The lowest BCUT2D eigenvalue weighted by Crippen LogP contribution is -2.14. The number of hydrogen-bond donors (Lipinski definition) is 0. The van der Waals surface area contributed by atoms with E-state index in [2.05, 4.69) is 20.8 Å². The van der Waals surface area contributed by atoms with E-state index in [1.807, 2.05) is 34.2 Å². The van der Waals surface area contributed by atoms with Gasteiger partial charge in [0, 0.05) is 16.8 Å². The average Bonchev–Trinajstić information content (AvgIpc) is 2.61. The van der Waals surface area contributed by atoms with Gasteiger partial charge in [-0.05, 0) is 31.4 Å². The molecule has 1 heterocycles. The van der Waals surface area contributed by atoms with Crippen molar-refractivity contribution >= 4 is 11.3 Å². The number of aryl methyl sites for hydroxylation is 1. The minimum atomic E-state index is 0.101. The van der Waals surface area contributed by atoms with Gasteiger partial charge < -0.3 is 0 Å². The summed E-state index contributed by atoms with van der Waals surface area (Å²) in [6.07, 6.45) is 0.937. The van der Waals surface area contributed by atoms with Gasteiger partial charge in [0.15, 0.2) is 0 Å². The molecule has 0 radical (unpaired) electrons. The molecule has 0 saturated heterocycles. The molecule has 1 aromatic carbocycles. The fourth-order valence-corrected chi connectivity index (χ4v) is 2.63. The molecule has 0 N–H and O–H groups in total. The Hall–Kier alpha value is -1.35. The van der Waals surface area contributed by atoms with E-state index in [9.17, 15) is 4.79 Å². The van der Waals surface area contributed by atoms with Crippen molar-refractivity contribution in [1.29, 1.82) is 0 Å². The van der Waals surface area contributed by atoms with Crippen LogP contribution in [0.1, 0.15) is 25.1 Å². The van der Waals surface area contributed by atoms with E-state index in [-0.39, 0.29) is 4.87 Å². The normalized spacial score (nSPS) is 11.1. The second-order valence-corrected chi connectivity index (χ2v) is 5.58. The summed E-state index contributed by atoms with van der Waals surface area (Å²) in [5, 5.41) is 1.97. The van der Waals surface area contributed by atoms with Gasteiger partial charge in [-0.3, -0.25) is 9.36 Å². The molecule has 3 heteroatoms. The average molecular weight is 247 g/mol. The molecule has 0 unspecified atom stereocenters. The van der Waals surface area contributed by atoms with E-state index in [0.717, 1.165) is 17.8 Å². The Morgan fingerprint density at radius 2 is 1.88 bits per heavy atom. The Bertz CT molecular complexity index is 548. The second-order valence-electron chi connectivity index (χ2n) is 4.76. The van der Waals surface area contributed by atoms with Gasteiger partial charge in [-0.15, -0.1) is 0 Å². The third-order valence-corrected chi connectivity index (χ3v) is 3.45. The van der Waals surface area contributed by atoms with E-state index in [1.165, 1.54) is 16.9 Å². The zero-order chi connectivity index (χ0) is 12.4. The molecule has 0 bridgehead atoms. The Labute approximate surface area is 106 Å². The van der Waals surface area contributed by atoms with E-state index in [4.69, 9.17) is 0 Å². The van der Waals surface area contributed by atoms with Crippen LogP contribution in [0.5, 0.6) is 0 Å². The largest absolute Gasteiger partial charge is 0.311 e. The molecule has 0 amide bonds. The molecule has 1 aromatic heterocycles. The summed E-state index contributed by atoms with van der Waals surface area (Å²) >= 11 is 1.28. The summed E-state index contributed by atoms with van der Waals surface area (Å²) in [6, 6.07) is 8.09. The molecule has 90 valence electrons. The SMILES string of the molecule is Cc1ccc(-n2c(CC(C)C)csc2=O)cc1. The van der Waals surface area contributed by atoms with Crippen molar-refractivity contribution in [3.05, 3.63) is 50.6 Å². The van der Waals surface area contributed by atoms with Crippen LogP contribution in [-0.4, -0.2) is 4.57 Å². The van der Waals surface area contributed by atoms with Gasteiger partial charge in [-0.1, -0.05) is 42.9 Å². The Morgan fingerprint density at radius 1 is 1.24 bits per heavy atom. The monoisotopic (exact) mass is 247 g/mol. The summed E-state index contributed by atoms with van der Waals surface area (Å²) in [5.41, 5.74) is 3.29. The number of hydrogen-bond acceptors (Lipinski definition) is 2. The van der Waals surface area contributed by atoms with Crippen LogP contribution in [0.4, 0.5) is 0 Å². The Morgan fingerprint density at radius 3 is 2.47 bits per heavy atom. The first kappa shape index (κ1) is 12.1. The van der Waals surface area contributed by atoms with Crippen molar-refractivity contribution < 1.29 is 0 Å². The topological polar surface area (TPSA) is 22.0 Å². The molecular weight excluding hydrogens is 230 g/mol. The first-order valence-electron chi connectivity index (χ1n) is 5.84. The predicted octanol–water partition coefficient (Wildman–Crippen LogP) is 3.41. The van der Waals surface area contributed by atoms with Gasteiger partial charge in [0.05, 0.1) is 0 Å². The van der Waals surface area contributed by atoms with Crippen molar-refractivity contribution in [2.75, 3.05) is 0 Å². The lowest BCUT2D eigenvalue weighted by molar-refractivity contribution is 0.625. The third-order valence-electron chi connectivity index (χ3n) is 2.68. The summed E-state index contributed by atoms with van der Waals surface area (Å²) in [6.45, 7) is 6.39. The van der Waals surface area contributed by atoms with Crippen molar-refractivity contribution in [3.63, 3.8) is 0 Å². The van der Waals surface area contributed by atoms with Crippen LogP contribution in [-0.2, 0) is 6.42 Å². The number of nitrogens with zero attached hydrogens (tertiary/aromatic N) is 1. The molecule has 0 aliphatic heterocycles. The van der Waals surface area contributed by atoms with Crippen LogP contribution in [0.15, 0.2) is 34.4 Å². The minimum absolute atomic E-state index is 0.101. The maximum absolute atomic E-state index is 11.9. The summed E-state index contributed by atoms with van der Waals surface area (Å²) in [4.78, 5) is 12.0. The lowest BCUT2D eigenvalue weighted by Gasteiger charge is -2.09. The van der Waals surface area contributed by atoms with E-state index >= 15 is 0 Å². The summed E-state index contributed by atoms with van der Waals surface area (Å²) < 4.78 is 1.82. The zero-order valence-corrected chi connectivity index (χ0v) is 11.3. The van der Waals surface area contributed by atoms with Crippen LogP contribution < -0.4 is 4.87 Å². The van der Waals surface area contributed by atoms with Crippen molar-refractivity contribution in [3.8, 4) is 5.69 Å². The molecule has 0 atom stereocenters. The van der Waals surface area contributed by atoms with Crippen LogP contribution in [0.25, 0.3) is 5.69 Å². The molecule has 2 aromatic rings. The Balaban J connectivity index is 2.47. The van der Waals surface area contributed by atoms with Gasteiger partial charge in [0.25, 0.3) is 0 Å². The highest BCUT2D eigenvalue weighted by Gasteiger charge is 2.09. The van der Waals surface area contributed by atoms with Crippen LogP contribution in [0.2, 0.25) is 0 Å². The fraction of sp³-hybridized carbons (Fsp3) is 0.357. The van der Waals surface area contributed by atoms with Gasteiger partial charge in [0.1, 0.15) is 0 Å². The molecular formula is C14H17NOS. The Kier molecular flexibility index (Phi) is 3.48. The fourth-order valence-electron chi connectivity index (χ4n) is 1.86. The molecule has 0 fully saturated rings. The van der Waals surface area contributed by atoms with Gasteiger partial charge in [0.2, 0.25) is 0 Å². The van der Waals surface area contributed by atoms with E-state index < -0.39 is 0 Å². The highest BCUT2D eigenvalue weighted by Crippen LogP contribution is 2.15. The molecule has 0 saturated carbocycles. The van der Waals surface area contributed by atoms with E-state index in [0.29, 0.717) is 5.92 Å². The van der Waals surface area contributed by atoms with Gasteiger partial charge in [-0.25, -0.2) is 0 Å². The highest BCUT2D eigenvalue weighted by molar-refractivity contribution is 7.07. The molecule has 0 spiro atoms. The zero-order valence-electron chi connectivity index (χ0n) is 10.4. The molecule has 2 rings (SSSR count). The smallest absolute Gasteiger partial charge is 0.272 e. The molecule has 0 aliphatic rings. The number of benzene rings is 1. The van der Waals surface area contributed by atoms with Crippen molar-refractivity contribution in [1.82, 2.24) is 4.57 Å². The highest BCUT2D eigenvalue weighted by atomic mass is 32.1. The molecule has 2 nitrogen and oxygen atoms in total. The third kappa shape index (κ3) is 2.67. The maximum Gasteiger partial charge on any atom is 0.311 e. The van der Waals surface area contributed by atoms with Crippen LogP contribution in [0.3, 0.4) is 0 Å². The maximum atomic E-state index is 11.9. The van der Waals surface area contributed by atoms with Gasteiger partial charge in [-0.2, -0.15) is 0 Å². The standard InChI is InChI=1S/C14H17NOS/c1-10(2)8-13-9-17-14(16)15(13)12-6-4-11(3)5-7-12/h4-7,9-10H,8H2,1-3H3. The van der Waals surface area contributed by atoms with Crippen LogP contribution in [0, 0.1) is 12.8 Å². The summed E-state index contributed by atoms with van der Waals surface area (Å²) in [5.74, 6) is 0.556. The lowest BCUT2D eigenvalue weighted by atomic mass is 10.1.